The second kappa shape index (κ2) is 13.8. The smallest absolute Gasteiger partial charge is 0.303 e. The van der Waals surface area contributed by atoms with Crippen LogP contribution >= 0.6 is 0 Å². The molecular formula is C31H41NO5. The fourth-order valence-corrected chi connectivity index (χ4v) is 5.85. The Bertz CT molecular complexity index is 997. The minimum atomic E-state index is -0.765. The number of aliphatic hydroxyl groups excluding tert-OH is 1. The van der Waals surface area contributed by atoms with E-state index in [1.165, 1.54) is 19.3 Å². The first-order valence-corrected chi connectivity index (χ1v) is 13.7. The van der Waals surface area contributed by atoms with Crippen LogP contribution in [0.15, 0.2) is 60.7 Å². The Morgan fingerprint density at radius 1 is 0.973 bits per heavy atom. The van der Waals surface area contributed by atoms with Gasteiger partial charge in [0.2, 0.25) is 0 Å². The number of piperidine rings is 1. The summed E-state index contributed by atoms with van der Waals surface area (Å²) in [6, 6.07) is 16.7. The maximum absolute atomic E-state index is 11.1. The lowest BCUT2D eigenvalue weighted by molar-refractivity contribution is -0.136. The number of ether oxygens (including phenoxy) is 2. The largest absolute Gasteiger partial charge is 0.497 e. The van der Waals surface area contributed by atoms with Gasteiger partial charge >= 0.3 is 5.97 Å². The number of carbonyl (C=O) groups is 1. The van der Waals surface area contributed by atoms with Gasteiger partial charge in [-0.3, -0.25) is 9.69 Å². The number of allylic oxidation sites excluding steroid dienone is 2. The third-order valence-electron chi connectivity index (χ3n) is 7.80. The molecule has 1 aliphatic heterocycles. The summed E-state index contributed by atoms with van der Waals surface area (Å²) >= 11 is 0. The first kappa shape index (κ1) is 27.4. The van der Waals surface area contributed by atoms with Crippen LogP contribution < -0.4 is 4.74 Å². The number of aliphatic carboxylic acids is 1. The van der Waals surface area contributed by atoms with E-state index in [0.717, 1.165) is 48.4 Å². The third-order valence-corrected chi connectivity index (χ3v) is 7.80. The summed E-state index contributed by atoms with van der Waals surface area (Å²) in [5.41, 5.74) is 3.42. The van der Waals surface area contributed by atoms with Crippen LogP contribution in [0.3, 0.4) is 0 Å². The van der Waals surface area contributed by atoms with Crippen LogP contribution in [0, 0.1) is 5.92 Å². The fraction of sp³-hybridized carbons (Fsp3) is 0.516. The molecule has 6 nitrogen and oxygen atoms in total. The SMILES string of the molecule is COc1ccc(-c2ccc(COC3CC(O)C(N4CCCCC4)C3CCC=CCCC(=O)O)cc2)cc1. The second-order valence-electron chi connectivity index (χ2n) is 10.3. The van der Waals surface area contributed by atoms with E-state index in [1.807, 2.05) is 18.2 Å². The minimum absolute atomic E-state index is 0.00982. The second-order valence-corrected chi connectivity index (χ2v) is 10.3. The van der Waals surface area contributed by atoms with Gasteiger partial charge in [-0.15, -0.1) is 0 Å². The zero-order valence-electron chi connectivity index (χ0n) is 21.9. The molecule has 1 aliphatic carbocycles. The molecule has 37 heavy (non-hydrogen) atoms. The van der Waals surface area contributed by atoms with Crippen LogP contribution in [0.1, 0.15) is 56.9 Å². The third kappa shape index (κ3) is 7.67. The topological polar surface area (TPSA) is 79.2 Å². The highest BCUT2D eigenvalue weighted by Gasteiger charge is 2.45. The fourth-order valence-electron chi connectivity index (χ4n) is 5.85. The van der Waals surface area contributed by atoms with Gasteiger partial charge in [0.1, 0.15) is 5.75 Å². The minimum Gasteiger partial charge on any atom is -0.497 e. The summed E-state index contributed by atoms with van der Waals surface area (Å²) in [6.07, 6.45) is 10.5. The number of carboxylic acid groups (broad SMARTS) is 1. The van der Waals surface area contributed by atoms with Crippen LogP contribution in [0.25, 0.3) is 11.1 Å². The monoisotopic (exact) mass is 507 g/mol. The van der Waals surface area contributed by atoms with Gasteiger partial charge in [0.15, 0.2) is 0 Å². The number of benzene rings is 2. The Morgan fingerprint density at radius 2 is 1.62 bits per heavy atom. The molecule has 2 aromatic carbocycles. The maximum atomic E-state index is 11.1. The summed E-state index contributed by atoms with van der Waals surface area (Å²) in [6.45, 7) is 2.62. The van der Waals surface area contributed by atoms with Gasteiger partial charge in [0, 0.05) is 24.8 Å². The van der Waals surface area contributed by atoms with E-state index in [2.05, 4.69) is 47.4 Å². The molecule has 0 radical (unpaired) electrons. The number of methoxy groups -OCH3 is 1. The zero-order chi connectivity index (χ0) is 26.0. The molecule has 2 fully saturated rings. The maximum Gasteiger partial charge on any atom is 0.303 e. The molecular weight excluding hydrogens is 466 g/mol. The highest BCUT2D eigenvalue weighted by molar-refractivity contribution is 5.66. The molecule has 200 valence electrons. The van der Waals surface area contributed by atoms with Gasteiger partial charge in [0.05, 0.1) is 25.9 Å². The van der Waals surface area contributed by atoms with E-state index in [9.17, 15) is 9.90 Å². The van der Waals surface area contributed by atoms with Crippen LogP contribution in [-0.4, -0.2) is 59.5 Å². The van der Waals surface area contributed by atoms with E-state index in [4.69, 9.17) is 14.6 Å². The molecule has 0 spiro atoms. The Balaban J connectivity index is 1.37. The lowest BCUT2D eigenvalue weighted by atomic mass is 9.92. The molecule has 4 rings (SSSR count). The quantitative estimate of drug-likeness (QED) is 0.360. The summed E-state index contributed by atoms with van der Waals surface area (Å²) in [4.78, 5) is 13.2. The first-order valence-electron chi connectivity index (χ1n) is 13.7. The van der Waals surface area contributed by atoms with Gasteiger partial charge in [0.25, 0.3) is 0 Å². The Kier molecular flexibility index (Phi) is 10.2. The molecule has 4 atom stereocenters. The predicted octanol–water partition coefficient (Wildman–Crippen LogP) is 5.68. The predicted molar refractivity (Wildman–Crippen MR) is 146 cm³/mol. The standard InChI is InChI=1S/C31H41NO5/c1-36-26-17-15-25(16-18-26)24-13-11-23(12-14-24)22-37-29-21-28(33)31(32-19-7-4-8-20-32)27(29)9-5-2-3-6-10-30(34)35/h2-3,11-18,27-29,31,33H,4-10,19-22H2,1H3,(H,34,35). The number of rotatable bonds is 12. The number of hydrogen-bond acceptors (Lipinski definition) is 5. The van der Waals surface area contributed by atoms with Crippen LogP contribution in [0.2, 0.25) is 0 Å². The van der Waals surface area contributed by atoms with Crippen molar-refractivity contribution in [3.8, 4) is 16.9 Å². The highest BCUT2D eigenvalue weighted by Crippen LogP contribution is 2.38. The van der Waals surface area contributed by atoms with E-state index in [0.29, 0.717) is 19.4 Å². The molecule has 4 unspecified atom stereocenters. The van der Waals surface area contributed by atoms with Crippen molar-refractivity contribution in [1.82, 2.24) is 4.90 Å². The molecule has 2 N–H and O–H groups in total. The summed E-state index contributed by atoms with van der Waals surface area (Å²) < 4.78 is 11.7. The van der Waals surface area contributed by atoms with Gasteiger partial charge in [-0.05, 0) is 74.0 Å². The Hall–Kier alpha value is -2.67. The van der Waals surface area contributed by atoms with E-state index in [-0.39, 0.29) is 30.6 Å². The molecule has 0 aromatic heterocycles. The molecule has 6 heteroatoms. The zero-order valence-corrected chi connectivity index (χ0v) is 21.9. The Labute approximate surface area is 220 Å². The van der Waals surface area contributed by atoms with Crippen LogP contribution in [-0.2, 0) is 16.1 Å². The lowest BCUT2D eigenvalue weighted by Gasteiger charge is -2.38. The number of likely N-dealkylation sites (tertiary alicyclic amines) is 1. The summed E-state index contributed by atoms with van der Waals surface area (Å²) in [5.74, 6) is 0.343. The number of carboxylic acids is 1. The average Bonchev–Trinajstić information content (AvgIpc) is 3.24. The van der Waals surface area contributed by atoms with Crippen LogP contribution in [0.4, 0.5) is 0 Å². The summed E-state index contributed by atoms with van der Waals surface area (Å²) in [5, 5.41) is 19.9. The van der Waals surface area contributed by atoms with Gasteiger partial charge in [-0.2, -0.15) is 0 Å². The molecule has 1 heterocycles. The first-order chi connectivity index (χ1) is 18.0. The summed E-state index contributed by atoms with van der Waals surface area (Å²) in [7, 11) is 1.67. The van der Waals surface area contributed by atoms with Gasteiger partial charge in [-0.25, -0.2) is 0 Å². The highest BCUT2D eigenvalue weighted by atomic mass is 16.5. The van der Waals surface area contributed by atoms with Crippen molar-refractivity contribution < 1.29 is 24.5 Å². The number of aliphatic hydroxyl groups is 1. The normalized spacial score (nSPS) is 24.5. The van der Waals surface area contributed by atoms with Crippen LogP contribution in [0.5, 0.6) is 5.75 Å². The molecule has 0 bridgehead atoms. The van der Waals surface area contributed by atoms with Crippen molar-refractivity contribution in [3.63, 3.8) is 0 Å². The van der Waals surface area contributed by atoms with E-state index >= 15 is 0 Å². The number of nitrogens with zero attached hydrogens (tertiary/aromatic N) is 1. The number of hydrogen-bond donors (Lipinski definition) is 2. The molecule has 2 aliphatic rings. The molecule has 2 aromatic rings. The van der Waals surface area contributed by atoms with Gasteiger partial charge in [-0.1, -0.05) is 55.0 Å². The van der Waals surface area contributed by atoms with Crippen molar-refractivity contribution in [2.24, 2.45) is 5.92 Å². The van der Waals surface area contributed by atoms with E-state index in [1.54, 1.807) is 7.11 Å². The van der Waals surface area contributed by atoms with Crippen molar-refractivity contribution in [3.05, 3.63) is 66.2 Å². The Morgan fingerprint density at radius 3 is 2.27 bits per heavy atom. The van der Waals surface area contributed by atoms with Crippen molar-refractivity contribution in [1.29, 1.82) is 0 Å². The molecule has 0 amide bonds. The molecule has 1 saturated heterocycles. The van der Waals surface area contributed by atoms with Crippen molar-refractivity contribution in [2.75, 3.05) is 20.2 Å². The van der Waals surface area contributed by atoms with Gasteiger partial charge < -0.3 is 19.7 Å². The van der Waals surface area contributed by atoms with E-state index < -0.39 is 5.97 Å². The average molecular weight is 508 g/mol. The van der Waals surface area contributed by atoms with Crippen molar-refractivity contribution in [2.45, 2.75) is 76.2 Å². The lowest BCUT2D eigenvalue weighted by Crippen LogP contribution is -2.47. The van der Waals surface area contributed by atoms with Crippen molar-refractivity contribution >= 4 is 5.97 Å². The molecule has 1 saturated carbocycles.